The summed E-state index contributed by atoms with van der Waals surface area (Å²) in [5.41, 5.74) is 0.876. The van der Waals surface area contributed by atoms with Gasteiger partial charge in [0.25, 0.3) is 0 Å². The van der Waals surface area contributed by atoms with Crippen molar-refractivity contribution in [2.24, 2.45) is 0 Å². The van der Waals surface area contributed by atoms with Crippen LogP contribution in [0.2, 0.25) is 0 Å². The highest BCUT2D eigenvalue weighted by atomic mass is 127. The van der Waals surface area contributed by atoms with Crippen molar-refractivity contribution in [1.29, 1.82) is 0 Å². The molecule has 4 rings (SSSR count). The number of rotatable bonds is 5. The number of benzene rings is 3. The van der Waals surface area contributed by atoms with Crippen molar-refractivity contribution in [3.8, 4) is 5.75 Å². The van der Waals surface area contributed by atoms with Gasteiger partial charge in [0, 0.05) is 18.2 Å². The number of hydrogen-bond donors (Lipinski definition) is 1. The van der Waals surface area contributed by atoms with Crippen LogP contribution in [-0.4, -0.2) is 29.0 Å². The quantitative estimate of drug-likeness (QED) is 0.235. The maximum absolute atomic E-state index is 13.4. The molecule has 1 unspecified atom stereocenters. The van der Waals surface area contributed by atoms with Crippen LogP contribution in [0.1, 0.15) is 35.7 Å². The lowest BCUT2D eigenvalue weighted by atomic mass is 9.84. The normalized spacial score (nSPS) is 16.5. The third-order valence-corrected chi connectivity index (χ3v) is 6.24. The molecule has 1 aliphatic rings. The van der Waals surface area contributed by atoms with E-state index in [4.69, 9.17) is 9.47 Å². The fourth-order valence-corrected chi connectivity index (χ4v) is 4.22. The topological polar surface area (TPSA) is 69.2 Å². The molecule has 0 amide bonds. The van der Waals surface area contributed by atoms with Crippen molar-refractivity contribution in [2.45, 2.75) is 29.3 Å². The van der Waals surface area contributed by atoms with Crippen LogP contribution in [0.5, 0.6) is 5.75 Å². The van der Waals surface area contributed by atoms with Gasteiger partial charge >= 0.3 is 11.9 Å². The first kappa shape index (κ1) is 21.8. The molecular formula is C25H25INO4+. The maximum Gasteiger partial charge on any atom is 0.339 e. The minimum absolute atomic E-state index is 0.269. The number of ether oxygens (including phenoxy) is 2. The maximum atomic E-state index is 13.4. The van der Waals surface area contributed by atoms with Crippen molar-refractivity contribution in [2.75, 3.05) is 13.1 Å². The van der Waals surface area contributed by atoms with Crippen LogP contribution in [0.15, 0.2) is 66.7 Å². The second kappa shape index (κ2) is 9.36. The largest absolute Gasteiger partial charge is 0.450 e. The van der Waals surface area contributed by atoms with Gasteiger partial charge in [-0.3, -0.25) is 4.79 Å². The number of nitrogens with two attached hydrogens (primary N) is 1. The smallest absolute Gasteiger partial charge is 0.339 e. The molecule has 3 aromatic rings. The second-order valence-corrected chi connectivity index (χ2v) is 9.68. The van der Waals surface area contributed by atoms with E-state index < -0.39 is 5.60 Å². The molecule has 0 saturated carbocycles. The summed E-state index contributed by atoms with van der Waals surface area (Å²) in [6.45, 7) is 3.60. The van der Waals surface area contributed by atoms with Crippen molar-refractivity contribution in [1.82, 2.24) is 0 Å². The first-order chi connectivity index (χ1) is 15.0. The summed E-state index contributed by atoms with van der Waals surface area (Å²) in [6, 6.07) is 20.8. The summed E-state index contributed by atoms with van der Waals surface area (Å²) in [7, 11) is 0. The average Bonchev–Trinajstić information content (AvgIpc) is 2.80. The summed E-state index contributed by atoms with van der Waals surface area (Å²) >= 11 is 2.02. The highest BCUT2D eigenvalue weighted by molar-refractivity contribution is 14.1. The molecule has 0 spiro atoms. The molecule has 160 valence electrons. The number of piperidine rings is 1. The van der Waals surface area contributed by atoms with E-state index >= 15 is 0 Å². The lowest BCUT2D eigenvalue weighted by molar-refractivity contribution is -0.668. The number of esters is 2. The van der Waals surface area contributed by atoms with Gasteiger partial charge in [-0.1, -0.05) is 77.2 Å². The molecule has 1 aliphatic heterocycles. The third kappa shape index (κ3) is 4.60. The fraction of sp³-hybridized carbons (Fsp3) is 0.280. The molecule has 1 heterocycles. The molecule has 1 fully saturated rings. The lowest BCUT2D eigenvalue weighted by Gasteiger charge is -2.36. The number of carbonyl (C=O) groups is 2. The molecule has 0 aromatic heterocycles. The molecular weight excluding hydrogens is 505 g/mol. The van der Waals surface area contributed by atoms with Crippen LogP contribution in [-0.2, 0) is 15.1 Å². The summed E-state index contributed by atoms with van der Waals surface area (Å²) in [5.74, 6) is -0.227. The predicted octanol–water partition coefficient (Wildman–Crippen LogP) is 3.98. The number of halogens is 1. The number of fused-ring (bicyclic) bond motifs is 1. The second-order valence-electron chi connectivity index (χ2n) is 7.81. The average molecular weight is 530 g/mol. The van der Waals surface area contributed by atoms with Crippen LogP contribution in [0, 0.1) is 0 Å². The molecule has 1 saturated heterocycles. The van der Waals surface area contributed by atoms with Gasteiger partial charge in [-0.05, 0) is 30.0 Å². The van der Waals surface area contributed by atoms with Crippen LogP contribution in [0.25, 0.3) is 10.8 Å². The van der Waals surface area contributed by atoms with Gasteiger partial charge in [0.15, 0.2) is 0 Å². The molecule has 3 aromatic carbocycles. The molecule has 0 aliphatic carbocycles. The van der Waals surface area contributed by atoms with Gasteiger partial charge < -0.3 is 14.8 Å². The van der Waals surface area contributed by atoms with Gasteiger partial charge in [-0.2, -0.15) is 0 Å². The zero-order valence-corrected chi connectivity index (χ0v) is 19.5. The lowest BCUT2D eigenvalue weighted by Crippen LogP contribution is -2.87. The molecule has 1 atom stereocenters. The van der Waals surface area contributed by atoms with Crippen molar-refractivity contribution in [3.05, 3.63) is 77.9 Å². The predicted molar refractivity (Wildman–Crippen MR) is 127 cm³/mol. The standard InChI is InChI=1S/C25H24INO4/c1-17(26)23(28)30-22-12-11-21(19-9-5-6-10-20(19)22)24(29)31-25(13-15-27-16-14-25)18-7-3-2-4-8-18/h2-12,17,27H,13-16H2,1H3/p+1. The summed E-state index contributed by atoms with van der Waals surface area (Å²) in [5, 5.41) is 3.68. The van der Waals surface area contributed by atoms with Crippen LogP contribution in [0.3, 0.4) is 0 Å². The Balaban J connectivity index is 1.70. The van der Waals surface area contributed by atoms with Crippen molar-refractivity contribution in [3.63, 3.8) is 0 Å². The van der Waals surface area contributed by atoms with Gasteiger partial charge in [0.05, 0.1) is 18.7 Å². The van der Waals surface area contributed by atoms with E-state index in [1.54, 1.807) is 19.1 Å². The van der Waals surface area contributed by atoms with Crippen LogP contribution < -0.4 is 10.1 Å². The SMILES string of the molecule is CC(I)C(=O)Oc1ccc(C(=O)OC2(c3ccccc3)CC[NH2+]CC2)c2ccccc12. The van der Waals surface area contributed by atoms with E-state index in [1.165, 1.54) is 0 Å². The number of alkyl halides is 1. The van der Waals surface area contributed by atoms with Gasteiger partial charge in [0.2, 0.25) is 0 Å². The molecule has 0 bridgehead atoms. The van der Waals surface area contributed by atoms with Crippen molar-refractivity contribution >= 4 is 45.3 Å². The highest BCUT2D eigenvalue weighted by Gasteiger charge is 2.40. The van der Waals surface area contributed by atoms with Gasteiger partial charge in [0.1, 0.15) is 15.3 Å². The van der Waals surface area contributed by atoms with Crippen molar-refractivity contribution < 1.29 is 24.4 Å². The zero-order chi connectivity index (χ0) is 21.8. The summed E-state index contributed by atoms with van der Waals surface area (Å²) in [4.78, 5) is 25.5. The molecule has 31 heavy (non-hydrogen) atoms. The van der Waals surface area contributed by atoms with E-state index in [0.717, 1.165) is 31.5 Å². The van der Waals surface area contributed by atoms with Gasteiger partial charge in [-0.25, -0.2) is 4.79 Å². The van der Waals surface area contributed by atoms with E-state index in [-0.39, 0.29) is 15.9 Å². The van der Waals surface area contributed by atoms with E-state index in [2.05, 4.69) is 5.32 Å². The van der Waals surface area contributed by atoms with Crippen LogP contribution in [0.4, 0.5) is 0 Å². The third-order valence-electron chi connectivity index (χ3n) is 5.73. The van der Waals surface area contributed by atoms with Crippen LogP contribution >= 0.6 is 22.6 Å². The molecule has 2 N–H and O–H groups in total. The first-order valence-electron chi connectivity index (χ1n) is 10.5. The Labute approximate surface area is 195 Å². The highest BCUT2D eigenvalue weighted by Crippen LogP contribution is 2.36. The number of carbonyl (C=O) groups excluding carboxylic acids is 2. The molecule has 0 radical (unpaired) electrons. The molecule has 6 heteroatoms. The zero-order valence-electron chi connectivity index (χ0n) is 17.3. The Morgan fingerprint density at radius 3 is 2.26 bits per heavy atom. The Morgan fingerprint density at radius 1 is 0.935 bits per heavy atom. The van der Waals surface area contributed by atoms with E-state index in [0.29, 0.717) is 22.1 Å². The summed E-state index contributed by atoms with van der Waals surface area (Å²) in [6.07, 6.45) is 1.54. The Bertz CT molecular complexity index is 1090. The summed E-state index contributed by atoms with van der Waals surface area (Å²) < 4.78 is 11.5. The monoisotopic (exact) mass is 530 g/mol. The number of quaternary nitrogens is 1. The van der Waals surface area contributed by atoms with E-state index in [9.17, 15) is 9.59 Å². The Hall–Kier alpha value is -2.45. The Kier molecular flexibility index (Phi) is 6.57. The molecule has 5 nitrogen and oxygen atoms in total. The minimum atomic E-state index is -0.629. The van der Waals surface area contributed by atoms with E-state index in [1.807, 2.05) is 77.2 Å². The first-order valence-corrected chi connectivity index (χ1v) is 11.7. The Morgan fingerprint density at radius 2 is 1.58 bits per heavy atom. The number of hydrogen-bond acceptors (Lipinski definition) is 4. The fourth-order valence-electron chi connectivity index (χ4n) is 4.09. The minimum Gasteiger partial charge on any atom is -0.450 e. The van der Waals surface area contributed by atoms with Gasteiger partial charge in [-0.15, -0.1) is 0 Å².